The van der Waals surface area contributed by atoms with Gasteiger partial charge in [-0.25, -0.2) is 14.3 Å². The minimum atomic E-state index is -3.68. The zero-order valence-electron chi connectivity index (χ0n) is 22.0. The number of carbonyl (C=O) groups excluding carboxylic acids is 1. The van der Waals surface area contributed by atoms with Crippen molar-refractivity contribution < 1.29 is 22.4 Å². The molecule has 37 heavy (non-hydrogen) atoms. The zero-order valence-corrected chi connectivity index (χ0v) is 23.8. The van der Waals surface area contributed by atoms with E-state index in [2.05, 4.69) is 40.5 Å². The molecule has 0 bridgehead atoms. The number of carbonyl (C=O) groups is 1. The number of benzene rings is 2. The van der Waals surface area contributed by atoms with E-state index in [1.807, 2.05) is 6.92 Å². The van der Waals surface area contributed by atoms with E-state index in [0.29, 0.717) is 27.8 Å². The predicted octanol–water partition coefficient (Wildman–Crippen LogP) is 3.86. The van der Waals surface area contributed by atoms with E-state index < -0.39 is 30.0 Å². The molecular weight excluding hydrogens is 510 g/mol. The normalized spacial score (nSPS) is 11.5. The maximum absolute atomic E-state index is 13.0. The molecule has 0 unspecified atom stereocenters. The molecule has 2 aromatic carbocycles. The molecule has 3 aromatic rings. The monoisotopic (exact) mass is 541 g/mol. The van der Waals surface area contributed by atoms with Crippen LogP contribution in [0.15, 0.2) is 45.6 Å². The van der Waals surface area contributed by atoms with Crippen molar-refractivity contribution >= 4 is 41.0 Å². The number of hydrogen-bond acceptors (Lipinski definition) is 6. The van der Waals surface area contributed by atoms with Crippen LogP contribution in [0.25, 0.3) is 11.0 Å². The van der Waals surface area contributed by atoms with Gasteiger partial charge < -0.3 is 14.1 Å². The highest BCUT2D eigenvalue weighted by atomic mass is 32.2. The number of anilines is 1. The number of aryl methyl sites for hydroxylation is 1. The summed E-state index contributed by atoms with van der Waals surface area (Å²) in [5.74, 6) is 3.38. The van der Waals surface area contributed by atoms with Gasteiger partial charge in [-0.3, -0.25) is 4.72 Å². The standard InChI is InChI=1S/C26H31N3O6SSi/c1-17-21-15-19(11-12-37(5,6)7)23(35-26(31)29(3)4)16-24(21)34-25(30)22(17)14-18-9-8-10-20(13-18)28-36(32,33)27-2/h8-10,13,15-16,27-28H,14H2,1-7H3. The second-order valence-corrected chi connectivity index (χ2v) is 16.2. The van der Waals surface area contributed by atoms with Gasteiger partial charge in [-0.2, -0.15) is 8.42 Å². The molecular formula is C26H31N3O6SSi. The van der Waals surface area contributed by atoms with E-state index >= 15 is 0 Å². The van der Waals surface area contributed by atoms with Crippen LogP contribution in [-0.4, -0.2) is 48.6 Å². The fraction of sp³-hybridized carbons (Fsp3) is 0.308. The third-order valence-corrected chi connectivity index (χ3v) is 7.27. The number of hydrogen-bond donors (Lipinski definition) is 2. The maximum atomic E-state index is 13.0. The quantitative estimate of drug-likeness (QED) is 0.278. The molecule has 0 saturated carbocycles. The Kier molecular flexibility index (Phi) is 8.17. The Bertz CT molecular complexity index is 1580. The summed E-state index contributed by atoms with van der Waals surface area (Å²) in [6.45, 7) is 8.16. The summed E-state index contributed by atoms with van der Waals surface area (Å²) in [5, 5.41) is 0.672. The SMILES string of the molecule is CNS(=O)(=O)Nc1cccc(Cc2c(C)c3cc(C#C[Si](C)(C)C)c(OC(=O)N(C)C)cc3oc2=O)c1. The summed E-state index contributed by atoms with van der Waals surface area (Å²) in [7, 11) is -0.955. The molecule has 0 aliphatic carbocycles. The van der Waals surface area contributed by atoms with Crippen LogP contribution in [0.3, 0.4) is 0 Å². The summed E-state index contributed by atoms with van der Waals surface area (Å²) in [6.07, 6.45) is -0.341. The zero-order chi connectivity index (χ0) is 27.5. The molecule has 0 radical (unpaired) electrons. The fourth-order valence-corrected chi connectivity index (χ4v) is 4.45. The van der Waals surface area contributed by atoms with E-state index in [1.165, 1.54) is 18.0 Å². The van der Waals surface area contributed by atoms with Gasteiger partial charge in [0, 0.05) is 44.6 Å². The third-order valence-electron chi connectivity index (χ3n) is 5.35. The second kappa shape index (κ2) is 10.8. The van der Waals surface area contributed by atoms with Crippen LogP contribution in [0.4, 0.5) is 10.5 Å². The molecule has 0 aliphatic rings. The molecule has 196 valence electrons. The molecule has 2 N–H and O–H groups in total. The van der Waals surface area contributed by atoms with E-state index in [4.69, 9.17) is 9.15 Å². The van der Waals surface area contributed by atoms with E-state index in [1.54, 1.807) is 44.4 Å². The van der Waals surface area contributed by atoms with Crippen LogP contribution in [0, 0.1) is 18.4 Å². The van der Waals surface area contributed by atoms with E-state index in [9.17, 15) is 18.0 Å². The van der Waals surface area contributed by atoms with Crippen molar-refractivity contribution in [2.24, 2.45) is 0 Å². The average molecular weight is 542 g/mol. The topological polar surface area (TPSA) is 118 Å². The van der Waals surface area contributed by atoms with Crippen molar-refractivity contribution in [1.82, 2.24) is 9.62 Å². The minimum Gasteiger partial charge on any atom is -0.422 e. The van der Waals surface area contributed by atoms with Crippen molar-refractivity contribution in [3.63, 3.8) is 0 Å². The lowest BCUT2D eigenvalue weighted by Gasteiger charge is -2.14. The summed E-state index contributed by atoms with van der Waals surface area (Å²) in [6, 6.07) is 10.1. The molecule has 0 atom stereocenters. The smallest absolute Gasteiger partial charge is 0.414 e. The van der Waals surface area contributed by atoms with Gasteiger partial charge in [0.2, 0.25) is 0 Å². The molecule has 0 fully saturated rings. The largest absolute Gasteiger partial charge is 0.422 e. The molecule has 0 saturated heterocycles. The summed E-state index contributed by atoms with van der Waals surface area (Å²) in [4.78, 5) is 26.5. The van der Waals surface area contributed by atoms with E-state index in [-0.39, 0.29) is 17.8 Å². The number of nitrogens with zero attached hydrogens (tertiary/aromatic N) is 1. The number of fused-ring (bicyclic) bond motifs is 1. The Morgan fingerprint density at radius 3 is 2.49 bits per heavy atom. The van der Waals surface area contributed by atoms with Gasteiger partial charge in [-0.1, -0.05) is 37.7 Å². The van der Waals surface area contributed by atoms with E-state index in [0.717, 1.165) is 5.56 Å². The van der Waals surface area contributed by atoms with Gasteiger partial charge in [-0.05, 0) is 36.2 Å². The first-order valence-electron chi connectivity index (χ1n) is 11.5. The first-order valence-corrected chi connectivity index (χ1v) is 16.5. The Labute approximate surface area is 218 Å². The molecule has 11 heteroatoms. The lowest BCUT2D eigenvalue weighted by Crippen LogP contribution is -2.26. The van der Waals surface area contributed by atoms with Gasteiger partial charge >= 0.3 is 11.7 Å². The van der Waals surface area contributed by atoms with Crippen molar-refractivity contribution in [1.29, 1.82) is 0 Å². The van der Waals surface area contributed by atoms with Gasteiger partial charge in [0.15, 0.2) is 5.75 Å². The highest BCUT2D eigenvalue weighted by molar-refractivity contribution is 7.90. The molecule has 0 spiro atoms. The van der Waals surface area contributed by atoms with Crippen molar-refractivity contribution in [3.8, 4) is 17.2 Å². The Morgan fingerprint density at radius 2 is 1.86 bits per heavy atom. The lowest BCUT2D eigenvalue weighted by molar-refractivity contribution is 0.172. The van der Waals surface area contributed by atoms with Crippen molar-refractivity contribution in [2.75, 3.05) is 25.9 Å². The minimum absolute atomic E-state index is 0.219. The maximum Gasteiger partial charge on any atom is 0.414 e. The van der Waals surface area contributed by atoms with Gasteiger partial charge in [-0.15, -0.1) is 5.54 Å². The van der Waals surface area contributed by atoms with Crippen LogP contribution in [0.5, 0.6) is 5.75 Å². The van der Waals surface area contributed by atoms with Crippen molar-refractivity contribution in [3.05, 3.63) is 69.1 Å². The molecule has 0 aliphatic heterocycles. The summed E-state index contributed by atoms with van der Waals surface area (Å²) >= 11 is 0. The number of rotatable bonds is 6. The van der Waals surface area contributed by atoms with Crippen LogP contribution in [0.1, 0.15) is 22.3 Å². The number of amides is 1. The molecule has 1 aromatic heterocycles. The van der Waals surface area contributed by atoms with Gasteiger partial charge in [0.05, 0.1) is 11.3 Å². The highest BCUT2D eigenvalue weighted by Gasteiger charge is 2.18. The first kappa shape index (κ1) is 28.0. The van der Waals surface area contributed by atoms with Gasteiger partial charge in [0.1, 0.15) is 13.7 Å². The second-order valence-electron chi connectivity index (χ2n) is 9.79. The Balaban J connectivity index is 2.11. The van der Waals surface area contributed by atoms with Crippen LogP contribution in [0.2, 0.25) is 19.6 Å². The number of ether oxygens (including phenoxy) is 1. The van der Waals surface area contributed by atoms with Crippen LogP contribution in [-0.2, 0) is 16.6 Å². The molecule has 1 heterocycles. The molecule has 1 amide bonds. The first-order chi connectivity index (χ1) is 17.2. The predicted molar refractivity (Wildman–Crippen MR) is 148 cm³/mol. The highest BCUT2D eigenvalue weighted by Crippen LogP contribution is 2.29. The van der Waals surface area contributed by atoms with Crippen LogP contribution < -0.4 is 19.8 Å². The fourth-order valence-electron chi connectivity index (χ4n) is 3.40. The Morgan fingerprint density at radius 1 is 1.16 bits per heavy atom. The molecule has 9 nitrogen and oxygen atoms in total. The lowest BCUT2D eigenvalue weighted by atomic mass is 9.98. The summed E-state index contributed by atoms with van der Waals surface area (Å²) < 4.78 is 39.5. The summed E-state index contributed by atoms with van der Waals surface area (Å²) in [5.41, 5.74) is 5.79. The Hall–Kier alpha value is -3.59. The van der Waals surface area contributed by atoms with Crippen LogP contribution >= 0.6 is 0 Å². The molecule has 3 rings (SSSR count). The average Bonchev–Trinajstić information content (AvgIpc) is 2.80. The number of nitrogens with one attached hydrogen (secondary N) is 2. The van der Waals surface area contributed by atoms with Crippen molar-refractivity contribution in [2.45, 2.75) is 33.0 Å². The van der Waals surface area contributed by atoms with Gasteiger partial charge in [0.25, 0.3) is 10.2 Å². The third kappa shape index (κ3) is 7.22.